The van der Waals surface area contributed by atoms with E-state index in [0.29, 0.717) is 11.3 Å². The molecule has 8 heteroatoms. The Morgan fingerprint density at radius 1 is 0.647 bits per heavy atom. The molecule has 0 saturated carbocycles. The molecule has 51 heavy (non-hydrogen) atoms. The van der Waals surface area contributed by atoms with Crippen LogP contribution >= 0.6 is 23.5 Å². The Kier molecular flexibility index (Phi) is 10.1. The average Bonchev–Trinajstić information content (AvgIpc) is 3.18. The third-order valence-electron chi connectivity index (χ3n) is 8.28. The van der Waals surface area contributed by atoms with Crippen molar-refractivity contribution < 1.29 is 14.4 Å². The molecule has 1 unspecified atom stereocenters. The quantitative estimate of drug-likeness (QED) is 0.116. The van der Waals surface area contributed by atoms with Gasteiger partial charge >= 0.3 is 0 Å². The number of hydrogen-bond donors (Lipinski definition) is 2. The van der Waals surface area contributed by atoms with E-state index in [0.717, 1.165) is 42.8 Å². The van der Waals surface area contributed by atoms with Crippen LogP contribution in [0.15, 0.2) is 178 Å². The minimum atomic E-state index is -0.462. The minimum absolute atomic E-state index is 0.0154. The SMILES string of the molecule is CC(Sc1ccc(NC(=O)/C(=C/c2ccc(-c3ccccc3)cc2)NC(=O)c2ccccc2)cc1)C(=O)N1c2ccccc2Sc2ccccc21. The van der Waals surface area contributed by atoms with Crippen LogP contribution < -0.4 is 15.5 Å². The second-order valence-corrected chi connectivity index (χ2v) is 14.3. The van der Waals surface area contributed by atoms with Gasteiger partial charge in [0.05, 0.1) is 16.6 Å². The largest absolute Gasteiger partial charge is 0.321 e. The number of para-hydroxylation sites is 2. The maximum atomic E-state index is 13.9. The number of amides is 3. The van der Waals surface area contributed by atoms with Gasteiger partial charge in [0.15, 0.2) is 0 Å². The number of carbonyl (C=O) groups is 3. The highest BCUT2D eigenvalue weighted by atomic mass is 32.2. The summed E-state index contributed by atoms with van der Waals surface area (Å²) >= 11 is 3.12. The lowest BCUT2D eigenvalue weighted by Crippen LogP contribution is -2.34. The molecule has 7 rings (SSSR count). The number of anilines is 3. The van der Waals surface area contributed by atoms with E-state index in [-0.39, 0.29) is 22.8 Å². The molecular formula is C43H33N3O3S2. The summed E-state index contributed by atoms with van der Waals surface area (Å²) in [5, 5.41) is 5.35. The molecule has 0 saturated heterocycles. The highest BCUT2D eigenvalue weighted by molar-refractivity contribution is 8.00. The average molecular weight is 704 g/mol. The van der Waals surface area contributed by atoms with Crippen molar-refractivity contribution in [1.82, 2.24) is 5.32 Å². The zero-order valence-electron chi connectivity index (χ0n) is 27.7. The molecule has 0 radical (unpaired) electrons. The van der Waals surface area contributed by atoms with Crippen LogP contribution in [0.3, 0.4) is 0 Å². The van der Waals surface area contributed by atoms with Crippen LogP contribution in [0, 0.1) is 0 Å². The van der Waals surface area contributed by atoms with Gasteiger partial charge in [0.25, 0.3) is 11.8 Å². The third-order valence-corrected chi connectivity index (χ3v) is 10.5. The van der Waals surface area contributed by atoms with E-state index in [1.54, 1.807) is 54.2 Å². The molecule has 1 heterocycles. The molecule has 1 atom stereocenters. The van der Waals surface area contributed by atoms with Gasteiger partial charge < -0.3 is 10.6 Å². The molecule has 0 fully saturated rings. The van der Waals surface area contributed by atoms with Crippen molar-refractivity contribution in [3.63, 3.8) is 0 Å². The van der Waals surface area contributed by atoms with E-state index in [4.69, 9.17) is 0 Å². The first kappa shape index (κ1) is 33.7. The third kappa shape index (κ3) is 7.83. The first-order chi connectivity index (χ1) is 24.9. The summed E-state index contributed by atoms with van der Waals surface area (Å²) in [5.74, 6) is -0.866. The molecule has 1 aliphatic rings. The van der Waals surface area contributed by atoms with Gasteiger partial charge in [0, 0.05) is 25.9 Å². The maximum Gasteiger partial charge on any atom is 0.272 e. The summed E-state index contributed by atoms with van der Waals surface area (Å²) < 4.78 is 0. The van der Waals surface area contributed by atoms with Gasteiger partial charge in [-0.1, -0.05) is 109 Å². The molecule has 6 aromatic carbocycles. The fourth-order valence-corrected chi connectivity index (χ4v) is 7.67. The zero-order valence-corrected chi connectivity index (χ0v) is 29.3. The normalized spacial score (nSPS) is 12.6. The number of benzene rings is 6. The standard InChI is InChI=1S/C43H33N3O3S2/c1-29(43(49)46-37-16-8-10-18-39(37)51-40-19-11-9-17-38(40)46)50-35-26-24-34(25-27-35)44-42(48)36(45-41(47)33-14-6-3-7-15-33)28-30-20-22-32(23-21-30)31-12-4-2-5-13-31/h2-29H,1H3,(H,44,48)(H,45,47)/b36-28-. The highest BCUT2D eigenvalue weighted by Crippen LogP contribution is 2.48. The number of thioether (sulfide) groups is 1. The van der Waals surface area contributed by atoms with Crippen LogP contribution in [0.2, 0.25) is 0 Å². The molecule has 1 aliphatic heterocycles. The van der Waals surface area contributed by atoms with Gasteiger partial charge in [0.2, 0.25) is 5.91 Å². The van der Waals surface area contributed by atoms with Crippen LogP contribution in [0.4, 0.5) is 17.1 Å². The Hall–Kier alpha value is -5.83. The van der Waals surface area contributed by atoms with E-state index in [9.17, 15) is 14.4 Å². The van der Waals surface area contributed by atoms with Gasteiger partial charge in [0.1, 0.15) is 5.70 Å². The zero-order chi connectivity index (χ0) is 35.2. The van der Waals surface area contributed by atoms with Crippen molar-refractivity contribution in [3.8, 4) is 11.1 Å². The molecular weight excluding hydrogens is 671 g/mol. The summed E-state index contributed by atoms with van der Waals surface area (Å²) in [5.41, 5.74) is 5.76. The maximum absolute atomic E-state index is 13.9. The van der Waals surface area contributed by atoms with Crippen molar-refractivity contribution in [2.45, 2.75) is 26.9 Å². The summed E-state index contributed by atoms with van der Waals surface area (Å²) in [6.45, 7) is 1.91. The van der Waals surface area contributed by atoms with Crippen LogP contribution in [0.25, 0.3) is 17.2 Å². The molecule has 3 amide bonds. The fraction of sp³-hybridized carbons (Fsp3) is 0.0465. The Bertz CT molecular complexity index is 2180. The lowest BCUT2D eigenvalue weighted by Gasteiger charge is -2.32. The lowest BCUT2D eigenvalue weighted by atomic mass is 10.0. The molecule has 6 nitrogen and oxygen atoms in total. The number of hydrogen-bond acceptors (Lipinski definition) is 5. The Morgan fingerprint density at radius 3 is 1.82 bits per heavy atom. The van der Waals surface area contributed by atoms with Crippen molar-refractivity contribution >= 4 is 64.4 Å². The van der Waals surface area contributed by atoms with E-state index >= 15 is 0 Å². The lowest BCUT2D eigenvalue weighted by molar-refractivity contribution is -0.117. The minimum Gasteiger partial charge on any atom is -0.321 e. The summed E-state index contributed by atoms with van der Waals surface area (Å²) in [6, 6.07) is 49.9. The van der Waals surface area contributed by atoms with Crippen LogP contribution in [0.1, 0.15) is 22.8 Å². The molecule has 250 valence electrons. The summed E-state index contributed by atoms with van der Waals surface area (Å²) in [4.78, 5) is 45.5. The number of nitrogens with zero attached hydrogens (tertiary/aromatic N) is 1. The van der Waals surface area contributed by atoms with E-state index in [2.05, 4.69) is 10.6 Å². The molecule has 0 bridgehead atoms. The Balaban J connectivity index is 1.06. The predicted octanol–water partition coefficient (Wildman–Crippen LogP) is 10.1. The molecule has 2 N–H and O–H groups in total. The van der Waals surface area contributed by atoms with Crippen molar-refractivity contribution in [2.75, 3.05) is 10.2 Å². The first-order valence-corrected chi connectivity index (χ1v) is 18.1. The molecule has 6 aromatic rings. The highest BCUT2D eigenvalue weighted by Gasteiger charge is 2.31. The monoisotopic (exact) mass is 703 g/mol. The Morgan fingerprint density at radius 2 is 1.20 bits per heavy atom. The molecule has 0 spiro atoms. The molecule has 0 aromatic heterocycles. The van der Waals surface area contributed by atoms with Crippen molar-refractivity contribution in [1.29, 1.82) is 0 Å². The number of carbonyl (C=O) groups excluding carboxylic acids is 3. The number of fused-ring (bicyclic) bond motifs is 2. The van der Waals surface area contributed by atoms with Crippen LogP contribution in [-0.4, -0.2) is 23.0 Å². The summed E-state index contributed by atoms with van der Waals surface area (Å²) in [7, 11) is 0. The topological polar surface area (TPSA) is 78.5 Å². The van der Waals surface area contributed by atoms with Crippen LogP contribution in [0.5, 0.6) is 0 Å². The first-order valence-electron chi connectivity index (χ1n) is 16.4. The number of rotatable bonds is 9. The Labute approximate surface area is 305 Å². The van der Waals surface area contributed by atoms with Gasteiger partial charge in [-0.25, -0.2) is 0 Å². The van der Waals surface area contributed by atoms with Crippen molar-refractivity contribution in [3.05, 3.63) is 175 Å². The van der Waals surface area contributed by atoms with Crippen LogP contribution in [-0.2, 0) is 9.59 Å². The second kappa shape index (κ2) is 15.4. The van der Waals surface area contributed by atoms with E-state index < -0.39 is 5.91 Å². The van der Waals surface area contributed by atoms with Gasteiger partial charge in [-0.05, 0) is 90.4 Å². The number of nitrogens with one attached hydrogen (secondary N) is 2. The van der Waals surface area contributed by atoms with Gasteiger partial charge in [-0.3, -0.25) is 19.3 Å². The van der Waals surface area contributed by atoms with Gasteiger partial charge in [-0.15, -0.1) is 11.8 Å². The fourth-order valence-electron chi connectivity index (χ4n) is 5.71. The molecule has 0 aliphatic carbocycles. The summed E-state index contributed by atoms with van der Waals surface area (Å²) in [6.07, 6.45) is 1.66. The second-order valence-electron chi connectivity index (χ2n) is 11.8. The van der Waals surface area contributed by atoms with E-state index in [1.165, 1.54) is 11.8 Å². The predicted molar refractivity (Wildman–Crippen MR) is 208 cm³/mol. The van der Waals surface area contributed by atoms with E-state index in [1.807, 2.05) is 133 Å². The van der Waals surface area contributed by atoms with Gasteiger partial charge in [-0.2, -0.15) is 0 Å². The smallest absolute Gasteiger partial charge is 0.272 e. The van der Waals surface area contributed by atoms with Crippen molar-refractivity contribution in [2.24, 2.45) is 0 Å².